The van der Waals surface area contributed by atoms with Gasteiger partial charge in [-0.3, -0.25) is 54.5 Å². The molecule has 1 saturated heterocycles. The number of amides is 5. The molecule has 3 atom stereocenters. The van der Waals surface area contributed by atoms with Gasteiger partial charge < -0.3 is 10.1 Å². The molecule has 0 spiro atoms. The Morgan fingerprint density at radius 3 is 2.63 bits per heavy atom. The molecule has 1 fully saturated rings. The maximum absolute atomic E-state index is 13.3. The molecular weight excluding hydrogens is 732 g/mol. The third-order valence-corrected chi connectivity index (χ3v) is 11.3. The number of nitrogens with one attached hydrogen (secondary N) is 3. The second-order valence-corrected chi connectivity index (χ2v) is 15.1. The highest BCUT2D eigenvalue weighted by Gasteiger charge is 2.46. The number of halogens is 1. The van der Waals surface area contributed by atoms with Crippen LogP contribution in [-0.2, 0) is 14.4 Å². The number of unbranched alkanes of at least 4 members (excludes halogenated alkanes) is 1. The van der Waals surface area contributed by atoms with Crippen molar-refractivity contribution in [2.45, 2.75) is 71.1 Å². The predicted octanol–water partition coefficient (Wildman–Crippen LogP) is 4.14. The van der Waals surface area contributed by atoms with Crippen molar-refractivity contribution in [3.05, 3.63) is 80.2 Å². The Morgan fingerprint density at radius 1 is 1.06 bits per heavy atom. The number of piperidine rings is 1. The first-order valence-electron chi connectivity index (χ1n) is 17.8. The largest absolute Gasteiger partial charge is 0.483 e. The van der Waals surface area contributed by atoms with Crippen molar-refractivity contribution in [3.63, 3.8) is 0 Å². The summed E-state index contributed by atoms with van der Waals surface area (Å²) in [5.74, 6) is -1.92. The lowest BCUT2D eigenvalue weighted by Gasteiger charge is -2.27. The maximum atomic E-state index is 13.3. The van der Waals surface area contributed by atoms with Gasteiger partial charge in [0.25, 0.3) is 17.7 Å². The molecule has 54 heavy (non-hydrogen) atoms. The van der Waals surface area contributed by atoms with Gasteiger partial charge in [0.05, 0.1) is 22.9 Å². The van der Waals surface area contributed by atoms with Gasteiger partial charge in [-0.15, -0.1) is 11.3 Å². The van der Waals surface area contributed by atoms with E-state index in [1.54, 1.807) is 17.4 Å². The van der Waals surface area contributed by atoms with Crippen molar-refractivity contribution in [2.24, 2.45) is 15.1 Å². The van der Waals surface area contributed by atoms with Gasteiger partial charge in [0.2, 0.25) is 11.8 Å². The summed E-state index contributed by atoms with van der Waals surface area (Å²) in [6, 6.07) is 11.0. The smallest absolute Gasteiger partial charge is 0.266 e. The zero-order valence-corrected chi connectivity index (χ0v) is 31.6. The van der Waals surface area contributed by atoms with E-state index in [1.807, 2.05) is 37.4 Å². The van der Waals surface area contributed by atoms with Crippen LogP contribution in [0.25, 0.3) is 0 Å². The first kappa shape index (κ1) is 36.9. The molecule has 2 aromatic carbocycles. The van der Waals surface area contributed by atoms with E-state index >= 15 is 0 Å². The van der Waals surface area contributed by atoms with Gasteiger partial charge >= 0.3 is 0 Å². The number of imide groups is 2. The fraction of sp³-hybridized carbons (Fsp3) is 0.368. The van der Waals surface area contributed by atoms with Crippen molar-refractivity contribution >= 4 is 75.2 Å². The van der Waals surface area contributed by atoms with Gasteiger partial charge in [0.1, 0.15) is 28.8 Å². The van der Waals surface area contributed by atoms with Gasteiger partial charge in [0, 0.05) is 53.2 Å². The number of carbonyl (C=O) groups is 5. The Labute approximate surface area is 320 Å². The summed E-state index contributed by atoms with van der Waals surface area (Å²) in [7, 11) is 0. The second-order valence-electron chi connectivity index (χ2n) is 13.4. The van der Waals surface area contributed by atoms with Crippen LogP contribution in [0.3, 0.4) is 0 Å². The number of anilines is 1. The second kappa shape index (κ2) is 15.5. The van der Waals surface area contributed by atoms with Crippen LogP contribution in [0.15, 0.2) is 57.6 Å². The zero-order chi connectivity index (χ0) is 38.1. The van der Waals surface area contributed by atoms with E-state index in [0.717, 1.165) is 39.0 Å². The number of carbonyl (C=O) groups excluding carboxylic acids is 5. The summed E-state index contributed by atoms with van der Waals surface area (Å²) in [6.07, 6.45) is 3.84. The number of hydrazone groups is 1. The summed E-state index contributed by atoms with van der Waals surface area (Å²) in [5, 5.41) is 11.3. The van der Waals surface area contributed by atoms with Crippen LogP contribution >= 0.6 is 22.9 Å². The Hall–Kier alpha value is -5.41. The minimum Gasteiger partial charge on any atom is -0.483 e. The van der Waals surface area contributed by atoms with Crippen LogP contribution in [0.2, 0.25) is 5.02 Å². The highest BCUT2D eigenvalue weighted by atomic mass is 35.5. The molecule has 3 aromatic rings. The van der Waals surface area contributed by atoms with Crippen LogP contribution in [0.5, 0.6) is 5.75 Å². The quantitative estimate of drug-likeness (QED) is 0.140. The predicted molar refractivity (Wildman–Crippen MR) is 206 cm³/mol. The molecule has 4 aliphatic rings. The first-order valence-corrected chi connectivity index (χ1v) is 19.0. The molecule has 0 bridgehead atoms. The van der Waals surface area contributed by atoms with Gasteiger partial charge in [-0.25, -0.2) is 0 Å². The lowest BCUT2D eigenvalue weighted by atomic mass is 9.99. The third kappa shape index (κ3) is 7.12. The number of amidine groups is 1. The summed E-state index contributed by atoms with van der Waals surface area (Å²) in [6.45, 7) is 6.88. The number of hydrogen-bond acceptors (Lipinski definition) is 12. The van der Waals surface area contributed by atoms with E-state index < -0.39 is 29.7 Å². The van der Waals surface area contributed by atoms with Gasteiger partial charge in [-0.1, -0.05) is 29.8 Å². The topological polar surface area (TPSA) is 174 Å². The van der Waals surface area contributed by atoms with E-state index in [2.05, 4.69) is 44.9 Å². The van der Waals surface area contributed by atoms with Crippen molar-refractivity contribution in [2.75, 3.05) is 24.6 Å². The molecule has 7 rings (SSSR count). The highest BCUT2D eigenvalue weighted by Crippen LogP contribution is 2.42. The average molecular weight is 771 g/mol. The molecule has 2 unspecified atom stereocenters. The lowest BCUT2D eigenvalue weighted by Crippen LogP contribution is -2.54. The molecule has 5 amide bonds. The minimum atomic E-state index is -1.09. The molecule has 16 heteroatoms. The normalized spacial score (nSPS) is 20.6. The Balaban J connectivity index is 0.902. The van der Waals surface area contributed by atoms with Crippen molar-refractivity contribution in [1.29, 1.82) is 0 Å². The molecule has 4 aliphatic heterocycles. The molecule has 0 saturated carbocycles. The standard InChI is InChI=1S/C38H39ClN8O6S/c1-20-21(2)54-38-31(20)33(23-9-11-24(39)12-10-23)42-26(34-45-44-22(3)46(34)38)15-18-40-16-4-5-17-41-30(49)19-53-28-8-6-7-25-32(28)37(52)47(36(25)51)27-13-14-29(48)43-35(27)50/h6-12,18,26-27,34,45H,4-5,13-17,19H2,1-3H3,(H,41,49)(H,43,48,50)/t26-,27?,34?/m1/s1. The van der Waals surface area contributed by atoms with Gasteiger partial charge in [-0.2, -0.15) is 5.10 Å². The fourth-order valence-electron chi connectivity index (χ4n) is 7.00. The van der Waals surface area contributed by atoms with E-state index in [0.29, 0.717) is 31.0 Å². The molecule has 0 aliphatic carbocycles. The molecule has 0 radical (unpaired) electrons. The molecule has 1 aromatic heterocycles. The number of ether oxygens (including phenoxy) is 1. The third-order valence-electron chi connectivity index (χ3n) is 9.89. The number of aliphatic imine (C=N–C) groups is 2. The summed E-state index contributed by atoms with van der Waals surface area (Å²) >= 11 is 7.98. The molecule has 14 nitrogen and oxygen atoms in total. The average Bonchev–Trinajstić information content (AvgIpc) is 3.72. The van der Waals surface area contributed by atoms with Crippen molar-refractivity contribution in [3.8, 4) is 5.75 Å². The van der Waals surface area contributed by atoms with Crippen LogP contribution in [0.4, 0.5) is 5.00 Å². The number of thiophene rings is 1. The number of hydrogen-bond donors (Lipinski definition) is 3. The molecule has 3 N–H and O–H groups in total. The van der Waals surface area contributed by atoms with Crippen molar-refractivity contribution < 1.29 is 28.7 Å². The van der Waals surface area contributed by atoms with Crippen LogP contribution < -0.4 is 25.7 Å². The maximum Gasteiger partial charge on any atom is 0.266 e. The number of rotatable bonds is 12. The van der Waals surface area contributed by atoms with Crippen LogP contribution in [0, 0.1) is 13.8 Å². The SMILES string of the molecule is CC1=NNC2[C@@H](CC=NCCCCNC(=O)COc3cccc4c3C(=O)N(C3CCC(=O)NC3=O)C4=O)N=C(c3ccc(Cl)cc3)c3c(sc(C)c3C)N12. The fourth-order valence-corrected chi connectivity index (χ4v) is 8.37. The monoisotopic (exact) mass is 770 g/mol. The molecular formula is C38H39ClN8O6S. The lowest BCUT2D eigenvalue weighted by molar-refractivity contribution is -0.136. The summed E-state index contributed by atoms with van der Waals surface area (Å²) < 4.78 is 5.67. The Morgan fingerprint density at radius 2 is 1.85 bits per heavy atom. The van der Waals surface area contributed by atoms with Gasteiger partial charge in [0.15, 0.2) is 6.61 Å². The van der Waals surface area contributed by atoms with E-state index in [4.69, 9.17) is 21.3 Å². The first-order chi connectivity index (χ1) is 26.0. The highest BCUT2D eigenvalue weighted by molar-refractivity contribution is 7.17. The van der Waals surface area contributed by atoms with E-state index in [1.165, 1.54) is 22.6 Å². The Bertz CT molecular complexity index is 2130. The van der Waals surface area contributed by atoms with Crippen LogP contribution in [0.1, 0.15) is 81.3 Å². The Kier molecular flexibility index (Phi) is 10.6. The van der Waals surface area contributed by atoms with E-state index in [-0.39, 0.29) is 54.4 Å². The summed E-state index contributed by atoms with van der Waals surface area (Å²) in [4.78, 5) is 77.2. The zero-order valence-electron chi connectivity index (χ0n) is 30.0. The van der Waals surface area contributed by atoms with E-state index in [9.17, 15) is 24.0 Å². The number of benzene rings is 2. The summed E-state index contributed by atoms with van der Waals surface area (Å²) in [5.41, 5.74) is 7.62. The number of fused-ring (bicyclic) bond motifs is 4. The van der Waals surface area contributed by atoms with Crippen LogP contribution in [-0.4, -0.2) is 90.1 Å². The number of nitrogens with zero attached hydrogens (tertiary/aromatic N) is 5. The molecule has 280 valence electrons. The van der Waals surface area contributed by atoms with Crippen molar-refractivity contribution in [1.82, 2.24) is 21.0 Å². The minimum absolute atomic E-state index is 0.00557. The molecule has 5 heterocycles. The number of aryl methyl sites for hydroxylation is 1. The van der Waals surface area contributed by atoms with Gasteiger partial charge in [-0.05, 0) is 69.9 Å².